The third kappa shape index (κ3) is 2.87. The second-order valence-corrected chi connectivity index (χ2v) is 7.31. The highest BCUT2D eigenvalue weighted by Crippen LogP contribution is 2.39. The third-order valence-corrected chi connectivity index (χ3v) is 5.42. The molecule has 6 heteroatoms. The maximum atomic E-state index is 12.2. The molecule has 4 rings (SSSR count). The number of aliphatic imine (C=N–C) groups is 1. The molecular formula is C18H12BrNO3S. The van der Waals surface area contributed by atoms with Crippen LogP contribution in [0.5, 0.6) is 11.5 Å². The molecule has 0 bridgehead atoms. The molecule has 0 saturated carbocycles. The summed E-state index contributed by atoms with van der Waals surface area (Å²) in [7, 11) is 0. The van der Waals surface area contributed by atoms with Crippen molar-refractivity contribution in [2.24, 2.45) is 4.99 Å². The molecule has 0 aliphatic carbocycles. The van der Waals surface area contributed by atoms with Gasteiger partial charge in [-0.3, -0.25) is 4.79 Å². The molecule has 2 aliphatic rings. The highest BCUT2D eigenvalue weighted by molar-refractivity contribution is 9.10. The van der Waals surface area contributed by atoms with Crippen LogP contribution >= 0.6 is 27.7 Å². The maximum Gasteiger partial charge on any atom is 0.284 e. The fourth-order valence-electron chi connectivity index (χ4n) is 2.41. The number of benzene rings is 2. The molecule has 2 heterocycles. The zero-order valence-electron chi connectivity index (χ0n) is 12.7. The van der Waals surface area contributed by atoms with Crippen LogP contribution in [0.25, 0.3) is 6.08 Å². The minimum atomic E-state index is -0.222. The summed E-state index contributed by atoms with van der Waals surface area (Å²) in [5, 5.41) is 0.725. The van der Waals surface area contributed by atoms with E-state index in [1.165, 1.54) is 17.3 Å². The van der Waals surface area contributed by atoms with Gasteiger partial charge < -0.3 is 9.47 Å². The first-order valence-electron chi connectivity index (χ1n) is 7.29. The summed E-state index contributed by atoms with van der Waals surface area (Å²) in [4.78, 5) is 17.0. The van der Waals surface area contributed by atoms with Crippen molar-refractivity contribution >= 4 is 44.7 Å². The van der Waals surface area contributed by atoms with Crippen molar-refractivity contribution in [3.05, 3.63) is 62.5 Å². The van der Waals surface area contributed by atoms with Crippen molar-refractivity contribution < 1.29 is 14.3 Å². The molecule has 0 fully saturated rings. The van der Waals surface area contributed by atoms with Crippen molar-refractivity contribution in [1.82, 2.24) is 0 Å². The van der Waals surface area contributed by atoms with E-state index in [2.05, 4.69) is 20.9 Å². The number of nitrogens with zero attached hydrogens (tertiary/aromatic N) is 1. The van der Waals surface area contributed by atoms with Crippen molar-refractivity contribution in [3.8, 4) is 11.5 Å². The average molecular weight is 402 g/mol. The van der Waals surface area contributed by atoms with Crippen LogP contribution in [0.3, 0.4) is 0 Å². The molecule has 120 valence electrons. The number of halogens is 1. The van der Waals surface area contributed by atoms with Crippen LogP contribution in [-0.4, -0.2) is 17.7 Å². The summed E-state index contributed by atoms with van der Waals surface area (Å²) in [6, 6.07) is 11.7. The van der Waals surface area contributed by atoms with Crippen LogP contribution in [0.4, 0.5) is 0 Å². The Bertz CT molecular complexity index is 903. The molecular weight excluding hydrogens is 390 g/mol. The Labute approximate surface area is 151 Å². The minimum absolute atomic E-state index is 0.218. The quantitative estimate of drug-likeness (QED) is 0.692. The summed E-state index contributed by atoms with van der Waals surface area (Å²) in [6.07, 6.45) is 1.82. The number of carbonyl (C=O) groups is 1. The van der Waals surface area contributed by atoms with Gasteiger partial charge in [0.05, 0.1) is 4.91 Å². The number of hydrogen-bond acceptors (Lipinski definition) is 4. The van der Waals surface area contributed by atoms with E-state index in [1.807, 2.05) is 49.4 Å². The second kappa shape index (κ2) is 6.11. The minimum Gasteiger partial charge on any atom is -0.454 e. The zero-order valence-corrected chi connectivity index (χ0v) is 15.1. The topological polar surface area (TPSA) is 47.9 Å². The molecule has 24 heavy (non-hydrogen) atoms. The Morgan fingerprint density at radius 2 is 1.88 bits per heavy atom. The van der Waals surface area contributed by atoms with Crippen molar-refractivity contribution in [2.45, 2.75) is 6.92 Å². The fraction of sp³-hybridized carbons (Fsp3) is 0.111. The molecule has 0 spiro atoms. The highest BCUT2D eigenvalue weighted by atomic mass is 79.9. The van der Waals surface area contributed by atoms with Crippen LogP contribution in [0.1, 0.15) is 16.7 Å². The Hall–Kier alpha value is -2.05. The number of hydrogen-bond donors (Lipinski definition) is 0. The van der Waals surface area contributed by atoms with E-state index in [0.29, 0.717) is 16.4 Å². The van der Waals surface area contributed by atoms with Crippen molar-refractivity contribution in [1.29, 1.82) is 0 Å². The molecule has 0 atom stereocenters. The summed E-state index contributed by atoms with van der Waals surface area (Å²) in [6.45, 7) is 2.25. The van der Waals surface area contributed by atoms with E-state index < -0.39 is 0 Å². The monoisotopic (exact) mass is 401 g/mol. The number of aryl methyl sites for hydroxylation is 1. The van der Waals surface area contributed by atoms with Crippen LogP contribution in [0.2, 0.25) is 0 Å². The highest BCUT2D eigenvalue weighted by Gasteiger charge is 2.24. The summed E-state index contributed by atoms with van der Waals surface area (Å²) in [5.74, 6) is 1.16. The van der Waals surface area contributed by atoms with Gasteiger partial charge in [-0.25, -0.2) is 4.99 Å². The van der Waals surface area contributed by atoms with Gasteiger partial charge in [0.2, 0.25) is 6.79 Å². The predicted octanol–water partition coefficient (Wildman–Crippen LogP) is 4.55. The normalized spacial score (nSPS) is 17.5. The lowest BCUT2D eigenvalue weighted by molar-refractivity contribution is -0.113. The summed E-state index contributed by atoms with van der Waals surface area (Å²) < 4.78 is 11.6. The Morgan fingerprint density at radius 3 is 2.62 bits per heavy atom. The van der Waals surface area contributed by atoms with E-state index in [-0.39, 0.29) is 12.7 Å². The van der Waals surface area contributed by atoms with Crippen LogP contribution in [-0.2, 0) is 4.79 Å². The summed E-state index contributed by atoms with van der Waals surface area (Å²) in [5.41, 5.74) is 2.98. The Balaban J connectivity index is 1.63. The van der Waals surface area contributed by atoms with Crippen LogP contribution < -0.4 is 9.47 Å². The number of rotatable bonds is 2. The number of amides is 1. The van der Waals surface area contributed by atoms with Crippen molar-refractivity contribution in [2.75, 3.05) is 6.79 Å². The molecule has 0 radical (unpaired) electrons. The van der Waals surface area contributed by atoms with E-state index in [0.717, 1.165) is 20.6 Å². The average Bonchev–Trinajstić information content (AvgIpc) is 3.15. The summed E-state index contributed by atoms with van der Waals surface area (Å²) >= 11 is 4.89. The Kier molecular flexibility index (Phi) is 3.94. The predicted molar refractivity (Wildman–Crippen MR) is 98.6 cm³/mol. The van der Waals surface area contributed by atoms with E-state index in [1.54, 1.807) is 0 Å². The smallest absolute Gasteiger partial charge is 0.284 e. The van der Waals surface area contributed by atoms with Crippen LogP contribution in [0.15, 0.2) is 50.8 Å². The number of fused-ring (bicyclic) bond motifs is 1. The van der Waals surface area contributed by atoms with E-state index in [9.17, 15) is 4.79 Å². The lowest BCUT2D eigenvalue weighted by Gasteiger charge is -2.03. The molecule has 2 aliphatic heterocycles. The van der Waals surface area contributed by atoms with Gasteiger partial charge in [-0.1, -0.05) is 57.5 Å². The fourth-order valence-corrected chi connectivity index (χ4v) is 3.76. The SMILES string of the molecule is Cc1ccc(C2=NC(=O)/C(=C\c3cc4c(cc3Br)OCO4)S2)cc1. The van der Waals surface area contributed by atoms with Gasteiger partial charge in [0.15, 0.2) is 11.5 Å². The van der Waals surface area contributed by atoms with Gasteiger partial charge in [0, 0.05) is 10.0 Å². The standard InChI is InChI=1S/C18H12BrNO3S/c1-10-2-4-11(5-3-10)18-20-17(21)16(24-18)7-12-6-14-15(8-13(12)19)23-9-22-14/h2-8H,9H2,1H3/b16-7+. The molecule has 0 unspecified atom stereocenters. The zero-order chi connectivity index (χ0) is 16.7. The second-order valence-electron chi connectivity index (χ2n) is 5.43. The first-order chi connectivity index (χ1) is 11.6. The number of carbonyl (C=O) groups excluding carboxylic acids is 1. The molecule has 0 N–H and O–H groups in total. The number of thioether (sulfide) groups is 1. The van der Waals surface area contributed by atoms with Gasteiger partial charge in [-0.2, -0.15) is 0 Å². The number of ether oxygens (including phenoxy) is 2. The molecule has 2 aromatic carbocycles. The Morgan fingerprint density at radius 1 is 1.17 bits per heavy atom. The van der Waals surface area contributed by atoms with Gasteiger partial charge in [0.1, 0.15) is 5.04 Å². The first kappa shape index (κ1) is 15.5. The lowest BCUT2D eigenvalue weighted by Crippen LogP contribution is -1.92. The maximum absolute atomic E-state index is 12.2. The van der Waals surface area contributed by atoms with Crippen LogP contribution in [0, 0.1) is 6.92 Å². The van der Waals surface area contributed by atoms with E-state index in [4.69, 9.17) is 9.47 Å². The third-order valence-electron chi connectivity index (χ3n) is 3.70. The molecule has 4 nitrogen and oxygen atoms in total. The molecule has 2 aromatic rings. The van der Waals surface area contributed by atoms with Gasteiger partial charge in [-0.05, 0) is 30.7 Å². The van der Waals surface area contributed by atoms with Gasteiger partial charge in [0.25, 0.3) is 5.91 Å². The first-order valence-corrected chi connectivity index (χ1v) is 8.90. The molecule has 0 aromatic heterocycles. The van der Waals surface area contributed by atoms with Gasteiger partial charge >= 0.3 is 0 Å². The molecule has 0 saturated heterocycles. The van der Waals surface area contributed by atoms with Crippen molar-refractivity contribution in [3.63, 3.8) is 0 Å². The van der Waals surface area contributed by atoms with E-state index >= 15 is 0 Å². The van der Waals surface area contributed by atoms with Gasteiger partial charge in [-0.15, -0.1) is 0 Å². The molecule has 1 amide bonds. The largest absolute Gasteiger partial charge is 0.454 e. The lowest BCUT2D eigenvalue weighted by atomic mass is 10.2.